The maximum Gasteiger partial charge on any atom is 0.233 e. The summed E-state index contributed by atoms with van der Waals surface area (Å²) in [5, 5.41) is 10.5. The van der Waals surface area contributed by atoms with Crippen molar-refractivity contribution in [1.82, 2.24) is 24.5 Å². The number of piperidine rings is 1. The minimum absolute atomic E-state index is 0.186. The van der Waals surface area contributed by atoms with Crippen LogP contribution in [-0.2, 0) is 4.79 Å². The average Bonchev–Trinajstić information content (AvgIpc) is 3.14. The SMILES string of the molecule is Cc1sc2ncn3c(SCC(=O)N4CCCCC4C)nnc3c2c1C. The van der Waals surface area contributed by atoms with Gasteiger partial charge in [-0.1, -0.05) is 11.8 Å². The van der Waals surface area contributed by atoms with Crippen molar-refractivity contribution >= 4 is 44.9 Å². The maximum atomic E-state index is 12.5. The number of aryl methyl sites for hydroxylation is 2. The number of nitrogens with zero attached hydrogens (tertiary/aromatic N) is 5. The van der Waals surface area contributed by atoms with Crippen molar-refractivity contribution in [2.24, 2.45) is 0 Å². The Morgan fingerprint density at radius 1 is 1.36 bits per heavy atom. The molecule has 1 amide bonds. The minimum Gasteiger partial charge on any atom is -0.339 e. The van der Waals surface area contributed by atoms with Gasteiger partial charge in [0, 0.05) is 17.5 Å². The van der Waals surface area contributed by atoms with Gasteiger partial charge in [-0.2, -0.15) is 0 Å². The molecule has 1 aliphatic rings. The summed E-state index contributed by atoms with van der Waals surface area (Å²) in [5.41, 5.74) is 2.04. The first-order chi connectivity index (χ1) is 12.1. The number of aromatic nitrogens is 4. The van der Waals surface area contributed by atoms with Gasteiger partial charge in [-0.05, 0) is 45.6 Å². The number of carbonyl (C=O) groups is 1. The van der Waals surface area contributed by atoms with Crippen LogP contribution in [0.25, 0.3) is 15.9 Å². The molecule has 8 heteroatoms. The Bertz CT molecular complexity index is 947. The van der Waals surface area contributed by atoms with Gasteiger partial charge in [0.05, 0.1) is 11.1 Å². The lowest BCUT2D eigenvalue weighted by atomic mass is 10.0. The van der Waals surface area contributed by atoms with E-state index >= 15 is 0 Å². The monoisotopic (exact) mass is 375 g/mol. The van der Waals surface area contributed by atoms with E-state index in [-0.39, 0.29) is 5.91 Å². The third kappa shape index (κ3) is 2.91. The van der Waals surface area contributed by atoms with E-state index in [1.54, 1.807) is 17.7 Å². The zero-order valence-electron chi connectivity index (χ0n) is 14.7. The van der Waals surface area contributed by atoms with Crippen molar-refractivity contribution < 1.29 is 4.79 Å². The number of carbonyl (C=O) groups excluding carboxylic acids is 1. The fourth-order valence-corrected chi connectivity index (χ4v) is 5.18. The summed E-state index contributed by atoms with van der Waals surface area (Å²) in [5.74, 6) is 0.579. The van der Waals surface area contributed by atoms with Crippen LogP contribution in [0.4, 0.5) is 0 Å². The lowest BCUT2D eigenvalue weighted by Crippen LogP contribution is -2.42. The number of hydrogen-bond acceptors (Lipinski definition) is 6. The lowest BCUT2D eigenvalue weighted by Gasteiger charge is -2.33. The number of fused-ring (bicyclic) bond motifs is 3. The highest BCUT2D eigenvalue weighted by atomic mass is 32.2. The summed E-state index contributed by atoms with van der Waals surface area (Å²) in [6.07, 6.45) is 5.19. The smallest absolute Gasteiger partial charge is 0.233 e. The van der Waals surface area contributed by atoms with Crippen molar-refractivity contribution in [2.45, 2.75) is 51.2 Å². The van der Waals surface area contributed by atoms with Crippen LogP contribution in [0.2, 0.25) is 0 Å². The largest absolute Gasteiger partial charge is 0.339 e. The van der Waals surface area contributed by atoms with Crippen molar-refractivity contribution in [3.63, 3.8) is 0 Å². The normalized spacial score (nSPS) is 18.4. The van der Waals surface area contributed by atoms with Crippen LogP contribution in [0, 0.1) is 13.8 Å². The summed E-state index contributed by atoms with van der Waals surface area (Å²) in [4.78, 5) is 21.3. The molecule has 1 atom stereocenters. The fourth-order valence-electron chi connectivity index (χ4n) is 3.40. The summed E-state index contributed by atoms with van der Waals surface area (Å²) in [6.45, 7) is 7.20. The minimum atomic E-state index is 0.186. The van der Waals surface area contributed by atoms with Crippen LogP contribution in [0.5, 0.6) is 0 Å². The molecule has 0 saturated carbocycles. The molecular formula is C17H21N5OS2. The molecule has 0 N–H and O–H groups in total. The van der Waals surface area contributed by atoms with Crippen molar-refractivity contribution in [3.05, 3.63) is 16.8 Å². The van der Waals surface area contributed by atoms with Crippen LogP contribution in [-0.4, -0.2) is 48.7 Å². The quantitative estimate of drug-likeness (QED) is 0.656. The molecule has 3 aromatic rings. The molecule has 4 heterocycles. The van der Waals surface area contributed by atoms with E-state index in [9.17, 15) is 4.79 Å². The molecule has 1 unspecified atom stereocenters. The molecule has 1 fully saturated rings. The topological polar surface area (TPSA) is 63.4 Å². The van der Waals surface area contributed by atoms with Crippen LogP contribution in [0.15, 0.2) is 11.5 Å². The second-order valence-electron chi connectivity index (χ2n) is 6.60. The molecule has 25 heavy (non-hydrogen) atoms. The zero-order chi connectivity index (χ0) is 17.6. The second kappa shape index (κ2) is 6.57. The Labute approximate surface area is 154 Å². The van der Waals surface area contributed by atoms with E-state index in [0.717, 1.165) is 40.4 Å². The third-order valence-electron chi connectivity index (χ3n) is 4.99. The standard InChI is InChI=1S/C17H21N5OS2/c1-10-6-4-5-7-21(10)13(23)8-24-17-20-19-15-14-11(2)12(3)25-16(14)18-9-22(15)17/h9-10H,4-8H2,1-3H3. The highest BCUT2D eigenvalue weighted by molar-refractivity contribution is 7.99. The van der Waals surface area contributed by atoms with Gasteiger partial charge in [0.15, 0.2) is 10.8 Å². The average molecular weight is 376 g/mol. The Morgan fingerprint density at radius 3 is 3.00 bits per heavy atom. The van der Waals surface area contributed by atoms with Crippen molar-refractivity contribution in [2.75, 3.05) is 12.3 Å². The van der Waals surface area contributed by atoms with Crippen LogP contribution in [0.3, 0.4) is 0 Å². The molecule has 1 aliphatic heterocycles. The van der Waals surface area contributed by atoms with Gasteiger partial charge in [0.2, 0.25) is 5.91 Å². The maximum absolute atomic E-state index is 12.5. The molecule has 1 saturated heterocycles. The molecule has 0 aromatic carbocycles. The molecular weight excluding hydrogens is 354 g/mol. The van der Waals surface area contributed by atoms with E-state index in [4.69, 9.17) is 0 Å². The second-order valence-corrected chi connectivity index (χ2v) is 8.75. The molecule has 0 bridgehead atoms. The third-order valence-corrected chi connectivity index (χ3v) is 7.04. The number of hydrogen-bond donors (Lipinski definition) is 0. The van der Waals surface area contributed by atoms with Crippen LogP contribution in [0.1, 0.15) is 36.6 Å². The van der Waals surface area contributed by atoms with Gasteiger partial charge >= 0.3 is 0 Å². The van der Waals surface area contributed by atoms with Gasteiger partial charge in [0.25, 0.3) is 0 Å². The summed E-state index contributed by atoms with van der Waals surface area (Å²) in [6, 6.07) is 0.342. The van der Waals surface area contributed by atoms with E-state index in [0.29, 0.717) is 11.8 Å². The number of thiophene rings is 1. The first-order valence-electron chi connectivity index (χ1n) is 8.58. The van der Waals surface area contributed by atoms with E-state index < -0.39 is 0 Å². The predicted molar refractivity (Wildman–Crippen MR) is 101 cm³/mol. The molecule has 0 spiro atoms. The molecule has 132 valence electrons. The van der Waals surface area contributed by atoms with Crippen molar-refractivity contribution in [3.8, 4) is 0 Å². The lowest BCUT2D eigenvalue weighted by molar-refractivity contribution is -0.131. The van der Waals surface area contributed by atoms with Gasteiger partial charge in [-0.3, -0.25) is 9.20 Å². The molecule has 0 aliphatic carbocycles. The Balaban J connectivity index is 1.58. The van der Waals surface area contributed by atoms with Crippen LogP contribution >= 0.6 is 23.1 Å². The molecule has 6 nitrogen and oxygen atoms in total. The van der Waals surface area contributed by atoms with Crippen molar-refractivity contribution in [1.29, 1.82) is 0 Å². The zero-order valence-corrected chi connectivity index (χ0v) is 16.3. The Hall–Kier alpha value is -1.67. The van der Waals surface area contributed by atoms with Gasteiger partial charge in [-0.15, -0.1) is 21.5 Å². The first kappa shape index (κ1) is 16.8. The Kier molecular flexibility index (Phi) is 4.41. The predicted octanol–water partition coefficient (Wildman–Crippen LogP) is 3.45. The fraction of sp³-hybridized carbons (Fsp3) is 0.529. The highest BCUT2D eigenvalue weighted by Crippen LogP contribution is 2.32. The number of thioether (sulfide) groups is 1. The molecule has 3 aromatic heterocycles. The summed E-state index contributed by atoms with van der Waals surface area (Å²) in [7, 11) is 0. The van der Waals surface area contributed by atoms with E-state index in [1.807, 2.05) is 9.30 Å². The van der Waals surface area contributed by atoms with Gasteiger partial charge < -0.3 is 4.90 Å². The molecule has 0 radical (unpaired) electrons. The van der Waals surface area contributed by atoms with Gasteiger partial charge in [-0.25, -0.2) is 4.98 Å². The van der Waals surface area contributed by atoms with E-state index in [2.05, 4.69) is 36.0 Å². The summed E-state index contributed by atoms with van der Waals surface area (Å²) >= 11 is 3.12. The highest BCUT2D eigenvalue weighted by Gasteiger charge is 2.24. The Morgan fingerprint density at radius 2 is 2.20 bits per heavy atom. The number of rotatable bonds is 3. The number of amides is 1. The van der Waals surface area contributed by atoms with E-state index in [1.165, 1.54) is 28.6 Å². The van der Waals surface area contributed by atoms with Gasteiger partial charge in [0.1, 0.15) is 11.2 Å². The number of likely N-dealkylation sites (tertiary alicyclic amines) is 1. The molecule has 4 rings (SSSR count). The summed E-state index contributed by atoms with van der Waals surface area (Å²) < 4.78 is 1.90. The van der Waals surface area contributed by atoms with Crippen LogP contribution < -0.4 is 0 Å². The first-order valence-corrected chi connectivity index (χ1v) is 10.4.